The fourth-order valence-electron chi connectivity index (χ4n) is 1.72. The van der Waals surface area contributed by atoms with Crippen LogP contribution in [0.25, 0.3) is 0 Å². The second-order valence-corrected chi connectivity index (χ2v) is 4.04. The van der Waals surface area contributed by atoms with Crippen LogP contribution in [-0.2, 0) is 18.0 Å². The Labute approximate surface area is 108 Å². The van der Waals surface area contributed by atoms with E-state index in [1.54, 1.807) is 6.20 Å². The molecular formula is C15H18N2O. The first-order valence-corrected chi connectivity index (χ1v) is 6.19. The van der Waals surface area contributed by atoms with Crippen LogP contribution in [0, 0.1) is 0 Å². The lowest BCUT2D eigenvalue weighted by Crippen LogP contribution is -2.00. The normalized spacial score (nSPS) is 10.3. The van der Waals surface area contributed by atoms with Gasteiger partial charge in [0.1, 0.15) is 0 Å². The third kappa shape index (κ3) is 3.86. The first kappa shape index (κ1) is 12.6. The van der Waals surface area contributed by atoms with Crippen LogP contribution in [0.4, 0.5) is 5.69 Å². The SMILES string of the molecule is CCNc1ccnc(COCc2ccccc2)c1. The highest BCUT2D eigenvalue weighted by Crippen LogP contribution is 2.09. The Morgan fingerprint density at radius 3 is 2.72 bits per heavy atom. The van der Waals surface area contributed by atoms with Gasteiger partial charge in [0, 0.05) is 18.4 Å². The summed E-state index contributed by atoms with van der Waals surface area (Å²) >= 11 is 0. The molecule has 1 aromatic carbocycles. The first-order chi connectivity index (χ1) is 8.88. The van der Waals surface area contributed by atoms with E-state index in [-0.39, 0.29) is 0 Å². The van der Waals surface area contributed by atoms with Crippen molar-refractivity contribution in [1.82, 2.24) is 4.98 Å². The van der Waals surface area contributed by atoms with E-state index in [1.807, 2.05) is 30.3 Å². The molecule has 0 amide bonds. The van der Waals surface area contributed by atoms with E-state index in [1.165, 1.54) is 5.56 Å². The molecule has 0 aliphatic heterocycles. The maximum atomic E-state index is 5.65. The molecule has 0 bridgehead atoms. The molecule has 1 heterocycles. The van der Waals surface area contributed by atoms with Gasteiger partial charge in [0.15, 0.2) is 0 Å². The van der Waals surface area contributed by atoms with Crippen molar-refractivity contribution in [2.45, 2.75) is 20.1 Å². The van der Waals surface area contributed by atoms with E-state index in [0.29, 0.717) is 13.2 Å². The van der Waals surface area contributed by atoms with Gasteiger partial charge in [-0.1, -0.05) is 30.3 Å². The van der Waals surface area contributed by atoms with Gasteiger partial charge in [-0.2, -0.15) is 0 Å². The second-order valence-electron chi connectivity index (χ2n) is 4.04. The minimum atomic E-state index is 0.536. The van der Waals surface area contributed by atoms with Crippen molar-refractivity contribution < 1.29 is 4.74 Å². The number of anilines is 1. The van der Waals surface area contributed by atoms with E-state index < -0.39 is 0 Å². The molecule has 3 nitrogen and oxygen atoms in total. The number of nitrogens with zero attached hydrogens (tertiary/aromatic N) is 1. The molecule has 0 radical (unpaired) electrons. The minimum Gasteiger partial charge on any atom is -0.385 e. The fourth-order valence-corrected chi connectivity index (χ4v) is 1.72. The number of aromatic nitrogens is 1. The zero-order chi connectivity index (χ0) is 12.6. The Balaban J connectivity index is 1.84. The fraction of sp³-hybridized carbons (Fsp3) is 0.267. The molecule has 2 aromatic rings. The molecule has 2 rings (SSSR count). The van der Waals surface area contributed by atoms with Crippen molar-refractivity contribution >= 4 is 5.69 Å². The standard InChI is InChI=1S/C15H18N2O/c1-2-16-14-8-9-17-15(10-14)12-18-11-13-6-4-3-5-7-13/h3-10H,2,11-12H2,1H3,(H,16,17). The molecule has 94 valence electrons. The van der Waals surface area contributed by atoms with Crippen LogP contribution in [0.1, 0.15) is 18.2 Å². The summed E-state index contributed by atoms with van der Waals surface area (Å²) in [6, 6.07) is 14.1. The van der Waals surface area contributed by atoms with Crippen LogP contribution < -0.4 is 5.32 Å². The Bertz CT molecular complexity index is 471. The third-order valence-corrected chi connectivity index (χ3v) is 2.56. The molecule has 0 atom stereocenters. The maximum Gasteiger partial charge on any atom is 0.0893 e. The summed E-state index contributed by atoms with van der Waals surface area (Å²) in [5.74, 6) is 0. The molecule has 1 aromatic heterocycles. The van der Waals surface area contributed by atoms with Gasteiger partial charge in [0.05, 0.1) is 18.9 Å². The van der Waals surface area contributed by atoms with Crippen molar-refractivity contribution in [2.24, 2.45) is 0 Å². The summed E-state index contributed by atoms with van der Waals surface area (Å²) in [6.45, 7) is 4.14. The molecule has 0 unspecified atom stereocenters. The van der Waals surface area contributed by atoms with Gasteiger partial charge in [-0.05, 0) is 24.6 Å². The predicted molar refractivity (Wildman–Crippen MR) is 73.3 cm³/mol. The first-order valence-electron chi connectivity index (χ1n) is 6.19. The lowest BCUT2D eigenvalue weighted by Gasteiger charge is -2.06. The van der Waals surface area contributed by atoms with E-state index in [9.17, 15) is 0 Å². The van der Waals surface area contributed by atoms with Crippen LogP contribution in [0.15, 0.2) is 48.7 Å². The topological polar surface area (TPSA) is 34.2 Å². The molecule has 3 heteroatoms. The summed E-state index contributed by atoms with van der Waals surface area (Å²) in [7, 11) is 0. The third-order valence-electron chi connectivity index (χ3n) is 2.56. The average molecular weight is 242 g/mol. The number of benzene rings is 1. The van der Waals surface area contributed by atoms with Crippen molar-refractivity contribution in [3.8, 4) is 0 Å². The zero-order valence-corrected chi connectivity index (χ0v) is 10.6. The maximum absolute atomic E-state index is 5.65. The number of hydrogen-bond donors (Lipinski definition) is 1. The molecular weight excluding hydrogens is 224 g/mol. The van der Waals surface area contributed by atoms with Gasteiger partial charge in [0.25, 0.3) is 0 Å². The molecule has 0 saturated carbocycles. The summed E-state index contributed by atoms with van der Waals surface area (Å²) in [5, 5.41) is 3.26. The van der Waals surface area contributed by atoms with Crippen molar-refractivity contribution in [1.29, 1.82) is 0 Å². The molecule has 0 aliphatic carbocycles. The molecule has 0 spiro atoms. The predicted octanol–water partition coefficient (Wildman–Crippen LogP) is 3.23. The van der Waals surface area contributed by atoms with Gasteiger partial charge in [-0.25, -0.2) is 0 Å². The Morgan fingerprint density at radius 2 is 1.94 bits per heavy atom. The zero-order valence-electron chi connectivity index (χ0n) is 10.6. The van der Waals surface area contributed by atoms with Gasteiger partial charge >= 0.3 is 0 Å². The van der Waals surface area contributed by atoms with Gasteiger partial charge in [0.2, 0.25) is 0 Å². The minimum absolute atomic E-state index is 0.536. The molecule has 18 heavy (non-hydrogen) atoms. The number of pyridine rings is 1. The van der Waals surface area contributed by atoms with E-state index in [2.05, 4.69) is 29.4 Å². The van der Waals surface area contributed by atoms with Crippen LogP contribution in [0.5, 0.6) is 0 Å². The highest BCUT2D eigenvalue weighted by atomic mass is 16.5. The van der Waals surface area contributed by atoms with E-state index >= 15 is 0 Å². The number of rotatable bonds is 6. The van der Waals surface area contributed by atoms with Crippen molar-refractivity contribution in [3.05, 3.63) is 59.9 Å². The van der Waals surface area contributed by atoms with Crippen molar-refractivity contribution in [3.63, 3.8) is 0 Å². The quantitative estimate of drug-likeness (QED) is 0.844. The van der Waals surface area contributed by atoms with Crippen molar-refractivity contribution in [2.75, 3.05) is 11.9 Å². The number of nitrogens with one attached hydrogen (secondary N) is 1. The highest BCUT2D eigenvalue weighted by molar-refractivity contribution is 5.42. The largest absolute Gasteiger partial charge is 0.385 e. The summed E-state index contributed by atoms with van der Waals surface area (Å²) in [5.41, 5.74) is 3.22. The summed E-state index contributed by atoms with van der Waals surface area (Å²) < 4.78 is 5.65. The molecule has 0 aliphatic rings. The molecule has 1 N–H and O–H groups in total. The van der Waals surface area contributed by atoms with Gasteiger partial charge < -0.3 is 10.1 Å². The Hall–Kier alpha value is -1.87. The van der Waals surface area contributed by atoms with E-state index in [4.69, 9.17) is 4.74 Å². The lowest BCUT2D eigenvalue weighted by atomic mass is 10.2. The lowest BCUT2D eigenvalue weighted by molar-refractivity contribution is 0.104. The smallest absolute Gasteiger partial charge is 0.0893 e. The van der Waals surface area contributed by atoms with Crippen LogP contribution >= 0.6 is 0 Å². The Morgan fingerprint density at radius 1 is 1.11 bits per heavy atom. The van der Waals surface area contributed by atoms with Crippen LogP contribution in [-0.4, -0.2) is 11.5 Å². The van der Waals surface area contributed by atoms with Gasteiger partial charge in [-0.3, -0.25) is 4.98 Å². The Kier molecular flexibility index (Phi) is 4.73. The summed E-state index contributed by atoms with van der Waals surface area (Å²) in [6.07, 6.45) is 1.80. The molecule has 0 fully saturated rings. The summed E-state index contributed by atoms with van der Waals surface area (Å²) in [4.78, 5) is 4.29. The monoisotopic (exact) mass is 242 g/mol. The highest BCUT2D eigenvalue weighted by Gasteiger charge is 1.98. The second kappa shape index (κ2) is 6.77. The van der Waals surface area contributed by atoms with Crippen LogP contribution in [0.3, 0.4) is 0 Å². The number of hydrogen-bond acceptors (Lipinski definition) is 3. The average Bonchev–Trinajstić information content (AvgIpc) is 2.41. The van der Waals surface area contributed by atoms with Crippen LogP contribution in [0.2, 0.25) is 0 Å². The van der Waals surface area contributed by atoms with Gasteiger partial charge in [-0.15, -0.1) is 0 Å². The number of ether oxygens (including phenoxy) is 1. The van der Waals surface area contributed by atoms with E-state index in [0.717, 1.165) is 17.9 Å². The molecule has 0 saturated heterocycles.